The maximum absolute atomic E-state index is 11.3. The highest BCUT2D eigenvalue weighted by atomic mass is 16.3. The molecule has 0 bridgehead atoms. The van der Waals surface area contributed by atoms with Crippen LogP contribution in [0.25, 0.3) is 11.3 Å². The summed E-state index contributed by atoms with van der Waals surface area (Å²) in [6, 6.07) is 18.5. The van der Waals surface area contributed by atoms with Crippen molar-refractivity contribution in [2.75, 3.05) is 0 Å². The van der Waals surface area contributed by atoms with E-state index in [1.165, 1.54) is 11.1 Å². The molecule has 1 spiro atoms. The van der Waals surface area contributed by atoms with Crippen LogP contribution in [0.4, 0.5) is 0 Å². The van der Waals surface area contributed by atoms with E-state index in [-0.39, 0.29) is 5.54 Å². The van der Waals surface area contributed by atoms with Crippen molar-refractivity contribution < 1.29 is 5.11 Å². The summed E-state index contributed by atoms with van der Waals surface area (Å²) in [5, 5.41) is 19.9. The van der Waals surface area contributed by atoms with E-state index in [4.69, 9.17) is 0 Å². The number of hydrogen-bond donors (Lipinski definition) is 1. The van der Waals surface area contributed by atoms with Crippen LogP contribution in [0.3, 0.4) is 0 Å². The summed E-state index contributed by atoms with van der Waals surface area (Å²) >= 11 is 0. The molecule has 0 unspecified atom stereocenters. The summed E-state index contributed by atoms with van der Waals surface area (Å²) in [7, 11) is 0. The van der Waals surface area contributed by atoms with Crippen molar-refractivity contribution in [3.63, 3.8) is 0 Å². The van der Waals surface area contributed by atoms with Crippen molar-refractivity contribution in [2.24, 2.45) is 0 Å². The molecule has 0 saturated heterocycles. The third-order valence-corrected chi connectivity index (χ3v) is 6.18. The molecule has 2 aromatic carbocycles. The molecule has 1 N–H and O–H groups in total. The Labute approximate surface area is 162 Å². The molecule has 1 fully saturated rings. The molecule has 0 radical (unpaired) electrons. The molecular formula is C22H19N5O. The van der Waals surface area contributed by atoms with E-state index in [1.54, 1.807) is 4.68 Å². The van der Waals surface area contributed by atoms with Crippen LogP contribution < -0.4 is 0 Å². The average Bonchev–Trinajstić information content (AvgIpc) is 3.40. The Morgan fingerprint density at radius 1 is 1.00 bits per heavy atom. The first-order chi connectivity index (χ1) is 13.7. The van der Waals surface area contributed by atoms with Crippen LogP contribution in [0.5, 0.6) is 0 Å². The molecule has 28 heavy (non-hydrogen) atoms. The van der Waals surface area contributed by atoms with Gasteiger partial charge in [0.25, 0.3) is 0 Å². The lowest BCUT2D eigenvalue weighted by atomic mass is 9.61. The van der Waals surface area contributed by atoms with Gasteiger partial charge in [-0.15, -0.1) is 5.10 Å². The van der Waals surface area contributed by atoms with Crippen molar-refractivity contribution in [2.45, 2.75) is 30.5 Å². The molecule has 3 heterocycles. The van der Waals surface area contributed by atoms with E-state index in [2.05, 4.69) is 56.3 Å². The fourth-order valence-electron chi connectivity index (χ4n) is 4.89. The lowest BCUT2D eigenvalue weighted by molar-refractivity contribution is -0.109. The Kier molecular flexibility index (Phi) is 3.04. The van der Waals surface area contributed by atoms with Gasteiger partial charge in [-0.25, -0.2) is 9.67 Å². The smallest absolute Gasteiger partial charge is 0.115 e. The Hall–Kier alpha value is -3.25. The Bertz CT molecular complexity index is 1170. The van der Waals surface area contributed by atoms with Crippen molar-refractivity contribution in [3.05, 3.63) is 90.1 Å². The second kappa shape index (κ2) is 5.39. The Balaban J connectivity index is 1.31. The van der Waals surface area contributed by atoms with Crippen LogP contribution in [0, 0.1) is 0 Å². The SMILES string of the molecule is OC1(c2cn(Cc3ccccc3)nn2)CC2(C1)c1ccccc1-c1cncn12. The van der Waals surface area contributed by atoms with Crippen LogP contribution in [-0.2, 0) is 17.7 Å². The van der Waals surface area contributed by atoms with Crippen LogP contribution in [-0.4, -0.2) is 29.7 Å². The van der Waals surface area contributed by atoms with Gasteiger partial charge in [0.1, 0.15) is 11.3 Å². The number of rotatable bonds is 3. The fourth-order valence-corrected chi connectivity index (χ4v) is 4.89. The van der Waals surface area contributed by atoms with E-state index in [0.29, 0.717) is 25.1 Å². The van der Waals surface area contributed by atoms with E-state index in [9.17, 15) is 5.11 Å². The van der Waals surface area contributed by atoms with Gasteiger partial charge in [0.2, 0.25) is 0 Å². The molecule has 138 valence electrons. The number of imidazole rings is 1. The van der Waals surface area contributed by atoms with Crippen LogP contribution in [0.2, 0.25) is 0 Å². The van der Waals surface area contributed by atoms with Gasteiger partial charge in [0.15, 0.2) is 0 Å². The highest BCUT2D eigenvalue weighted by Gasteiger charge is 2.61. The average molecular weight is 369 g/mol. The summed E-state index contributed by atoms with van der Waals surface area (Å²) in [6.07, 6.45) is 6.80. The Morgan fingerprint density at radius 2 is 1.79 bits per heavy atom. The molecule has 1 aliphatic carbocycles. The number of benzene rings is 2. The topological polar surface area (TPSA) is 68.8 Å². The first-order valence-corrected chi connectivity index (χ1v) is 9.48. The van der Waals surface area contributed by atoms with Crippen molar-refractivity contribution >= 4 is 0 Å². The molecule has 2 aliphatic rings. The molecule has 4 aromatic rings. The van der Waals surface area contributed by atoms with Gasteiger partial charge in [-0.3, -0.25) is 0 Å². The Morgan fingerprint density at radius 3 is 2.64 bits per heavy atom. The molecular weight excluding hydrogens is 350 g/mol. The second-order valence-electron chi connectivity index (χ2n) is 7.90. The first-order valence-electron chi connectivity index (χ1n) is 9.48. The van der Waals surface area contributed by atoms with E-state index >= 15 is 0 Å². The van der Waals surface area contributed by atoms with E-state index in [0.717, 1.165) is 11.3 Å². The zero-order valence-corrected chi connectivity index (χ0v) is 15.2. The largest absolute Gasteiger partial charge is 0.383 e. The zero-order valence-electron chi connectivity index (χ0n) is 15.2. The highest BCUT2D eigenvalue weighted by Crippen LogP contribution is 2.61. The summed E-state index contributed by atoms with van der Waals surface area (Å²) in [5.74, 6) is 0. The van der Waals surface area contributed by atoms with Gasteiger partial charge >= 0.3 is 0 Å². The zero-order chi connectivity index (χ0) is 18.8. The van der Waals surface area contributed by atoms with Gasteiger partial charge in [-0.05, 0) is 11.1 Å². The minimum Gasteiger partial charge on any atom is -0.383 e. The molecule has 2 aromatic heterocycles. The monoisotopic (exact) mass is 369 g/mol. The highest BCUT2D eigenvalue weighted by molar-refractivity contribution is 5.71. The van der Waals surface area contributed by atoms with Gasteiger partial charge < -0.3 is 9.67 Å². The number of aliphatic hydroxyl groups is 1. The minimum absolute atomic E-state index is 0.250. The predicted molar refractivity (Wildman–Crippen MR) is 103 cm³/mol. The molecule has 6 nitrogen and oxygen atoms in total. The van der Waals surface area contributed by atoms with Crippen LogP contribution in [0.1, 0.15) is 29.7 Å². The lowest BCUT2D eigenvalue weighted by Crippen LogP contribution is -2.55. The van der Waals surface area contributed by atoms with Crippen LogP contribution in [0.15, 0.2) is 73.3 Å². The molecule has 1 saturated carbocycles. The predicted octanol–water partition coefficient (Wildman–Crippen LogP) is 2.93. The van der Waals surface area contributed by atoms with Gasteiger partial charge in [-0.2, -0.15) is 0 Å². The van der Waals surface area contributed by atoms with Crippen LogP contribution >= 0.6 is 0 Å². The summed E-state index contributed by atoms with van der Waals surface area (Å²) < 4.78 is 4.00. The minimum atomic E-state index is -0.978. The summed E-state index contributed by atoms with van der Waals surface area (Å²) in [6.45, 7) is 0.642. The third kappa shape index (κ3) is 2.03. The quantitative estimate of drug-likeness (QED) is 0.603. The molecule has 1 aliphatic heterocycles. The van der Waals surface area contributed by atoms with Gasteiger partial charge in [0, 0.05) is 18.4 Å². The van der Waals surface area contributed by atoms with Crippen molar-refractivity contribution in [1.82, 2.24) is 24.5 Å². The van der Waals surface area contributed by atoms with Gasteiger partial charge in [0.05, 0.1) is 36.5 Å². The van der Waals surface area contributed by atoms with E-state index in [1.807, 2.05) is 36.9 Å². The summed E-state index contributed by atoms with van der Waals surface area (Å²) in [4.78, 5) is 4.34. The van der Waals surface area contributed by atoms with Crippen molar-refractivity contribution in [3.8, 4) is 11.3 Å². The molecule has 6 heteroatoms. The first kappa shape index (κ1) is 15.8. The molecule has 0 atom stereocenters. The maximum Gasteiger partial charge on any atom is 0.115 e. The molecule has 6 rings (SSSR count). The maximum atomic E-state index is 11.3. The summed E-state index contributed by atoms with van der Waals surface area (Å²) in [5.41, 5.74) is 4.15. The fraction of sp³-hybridized carbons (Fsp3) is 0.227. The van der Waals surface area contributed by atoms with Crippen molar-refractivity contribution in [1.29, 1.82) is 0 Å². The normalized spacial score (nSPS) is 24.8. The second-order valence-corrected chi connectivity index (χ2v) is 7.90. The number of hydrogen-bond acceptors (Lipinski definition) is 4. The standard InChI is InChI=1S/C22H19N5O/c28-22(20-12-26(25-24-20)11-16-6-2-1-3-7-16)13-21(14-22)18-9-5-4-8-17(18)19-10-23-15-27(19)21/h1-10,12,15,28H,11,13-14H2. The molecule has 0 amide bonds. The van der Waals surface area contributed by atoms with Gasteiger partial charge in [-0.1, -0.05) is 59.8 Å². The third-order valence-electron chi connectivity index (χ3n) is 6.18. The lowest BCUT2D eigenvalue weighted by Gasteiger charge is -2.51. The van der Waals surface area contributed by atoms with E-state index < -0.39 is 5.60 Å². The number of nitrogens with zero attached hydrogens (tertiary/aromatic N) is 5. The number of fused-ring (bicyclic) bond motifs is 5. The number of aromatic nitrogens is 5.